The summed E-state index contributed by atoms with van der Waals surface area (Å²) in [5.74, 6) is 0. The summed E-state index contributed by atoms with van der Waals surface area (Å²) in [4.78, 5) is 0.331. The Kier molecular flexibility index (Phi) is 5.73. The molecule has 1 unspecified atom stereocenters. The van der Waals surface area contributed by atoms with Gasteiger partial charge in [-0.3, -0.25) is 4.68 Å². The molecule has 0 amide bonds. The summed E-state index contributed by atoms with van der Waals surface area (Å²) < 4.78 is 28.6. The highest BCUT2D eigenvalue weighted by molar-refractivity contribution is 7.89. The number of nitrogens with zero attached hydrogens (tertiary/aromatic N) is 3. The molecule has 7 heteroatoms. The summed E-state index contributed by atoms with van der Waals surface area (Å²) in [6, 6.07) is -0.0359. The van der Waals surface area contributed by atoms with Crippen molar-refractivity contribution in [2.45, 2.75) is 58.0 Å². The zero-order valence-electron chi connectivity index (χ0n) is 13.0. The van der Waals surface area contributed by atoms with Gasteiger partial charge in [0.25, 0.3) is 0 Å². The smallest absolute Gasteiger partial charge is 0.246 e. The Morgan fingerprint density at radius 3 is 2.50 bits per heavy atom. The average molecular weight is 302 g/mol. The zero-order valence-corrected chi connectivity index (χ0v) is 13.9. The molecule has 0 bridgehead atoms. The lowest BCUT2D eigenvalue weighted by molar-refractivity contribution is 0.380. The predicted octanol–water partition coefficient (Wildman–Crippen LogP) is 1.27. The van der Waals surface area contributed by atoms with Crippen LogP contribution in [-0.2, 0) is 16.6 Å². The van der Waals surface area contributed by atoms with Gasteiger partial charge in [0, 0.05) is 19.6 Å². The Labute approximate surface area is 122 Å². The first-order valence-corrected chi connectivity index (χ1v) is 8.43. The minimum absolute atomic E-state index is 0.0359. The Balaban J connectivity index is 3.22. The van der Waals surface area contributed by atoms with E-state index in [1.165, 1.54) is 4.31 Å². The molecule has 116 valence electrons. The molecule has 0 spiro atoms. The standard InChI is InChI=1S/C13H26N4O2S/c1-6-10(2)16(5)20(18,19)13-11(3)15-17(12(13)4)9-7-8-14/h10H,6-9,14H2,1-5H3. The molecule has 0 aliphatic carbocycles. The van der Waals surface area contributed by atoms with Crippen molar-refractivity contribution in [2.75, 3.05) is 13.6 Å². The maximum absolute atomic E-state index is 12.7. The fourth-order valence-electron chi connectivity index (χ4n) is 2.15. The fraction of sp³-hybridized carbons (Fsp3) is 0.769. The summed E-state index contributed by atoms with van der Waals surface area (Å²) in [7, 11) is -1.87. The van der Waals surface area contributed by atoms with Gasteiger partial charge in [-0.25, -0.2) is 8.42 Å². The molecule has 0 fully saturated rings. The van der Waals surface area contributed by atoms with E-state index >= 15 is 0 Å². The molecule has 0 aliphatic rings. The zero-order chi connectivity index (χ0) is 15.5. The van der Waals surface area contributed by atoms with Gasteiger partial charge in [0.15, 0.2) is 0 Å². The Morgan fingerprint density at radius 1 is 1.40 bits per heavy atom. The van der Waals surface area contributed by atoms with Crippen LogP contribution >= 0.6 is 0 Å². The van der Waals surface area contributed by atoms with Gasteiger partial charge in [-0.15, -0.1) is 0 Å². The van der Waals surface area contributed by atoms with Gasteiger partial charge in [0.1, 0.15) is 4.90 Å². The molecular weight excluding hydrogens is 276 g/mol. The Hall–Kier alpha value is -0.920. The minimum atomic E-state index is -3.50. The normalized spacial score (nSPS) is 13.9. The van der Waals surface area contributed by atoms with Gasteiger partial charge < -0.3 is 5.73 Å². The van der Waals surface area contributed by atoms with Crippen LogP contribution in [0.4, 0.5) is 0 Å². The second kappa shape index (κ2) is 6.69. The lowest BCUT2D eigenvalue weighted by atomic mass is 10.3. The topological polar surface area (TPSA) is 81.2 Å². The lowest BCUT2D eigenvalue weighted by Crippen LogP contribution is -2.35. The van der Waals surface area contributed by atoms with E-state index in [-0.39, 0.29) is 6.04 Å². The highest BCUT2D eigenvalue weighted by Crippen LogP contribution is 2.24. The van der Waals surface area contributed by atoms with Gasteiger partial charge in [-0.2, -0.15) is 9.40 Å². The van der Waals surface area contributed by atoms with Crippen molar-refractivity contribution in [2.24, 2.45) is 5.73 Å². The lowest BCUT2D eigenvalue weighted by Gasteiger charge is -2.23. The van der Waals surface area contributed by atoms with Crippen LogP contribution in [0.15, 0.2) is 4.90 Å². The summed E-state index contributed by atoms with van der Waals surface area (Å²) in [5, 5.41) is 4.34. The van der Waals surface area contributed by atoms with Crippen molar-refractivity contribution in [3.05, 3.63) is 11.4 Å². The maximum atomic E-state index is 12.7. The van der Waals surface area contributed by atoms with Crippen LogP contribution in [-0.4, -0.2) is 42.1 Å². The molecule has 1 heterocycles. The van der Waals surface area contributed by atoms with Crippen LogP contribution in [0.1, 0.15) is 38.1 Å². The summed E-state index contributed by atoms with van der Waals surface area (Å²) in [6.07, 6.45) is 1.55. The predicted molar refractivity (Wildman–Crippen MR) is 80.1 cm³/mol. The Morgan fingerprint density at radius 2 is 2.00 bits per heavy atom. The second-order valence-electron chi connectivity index (χ2n) is 5.14. The number of nitrogens with two attached hydrogens (primary N) is 1. The number of aromatic nitrogens is 2. The summed E-state index contributed by atoms with van der Waals surface area (Å²) >= 11 is 0. The van der Waals surface area contributed by atoms with E-state index in [1.807, 2.05) is 13.8 Å². The van der Waals surface area contributed by atoms with E-state index in [0.717, 1.165) is 12.8 Å². The van der Waals surface area contributed by atoms with Crippen molar-refractivity contribution in [3.63, 3.8) is 0 Å². The van der Waals surface area contributed by atoms with Gasteiger partial charge in [0.2, 0.25) is 10.0 Å². The number of hydrogen-bond donors (Lipinski definition) is 1. The number of hydrogen-bond acceptors (Lipinski definition) is 4. The molecule has 1 atom stereocenters. The molecule has 0 saturated heterocycles. The first-order chi connectivity index (χ1) is 9.27. The summed E-state index contributed by atoms with van der Waals surface area (Å²) in [6.45, 7) is 8.62. The second-order valence-corrected chi connectivity index (χ2v) is 7.08. The van der Waals surface area contributed by atoms with Crippen molar-refractivity contribution in [1.82, 2.24) is 14.1 Å². The van der Waals surface area contributed by atoms with Gasteiger partial charge in [-0.05, 0) is 40.2 Å². The third-order valence-corrected chi connectivity index (χ3v) is 5.96. The van der Waals surface area contributed by atoms with E-state index in [2.05, 4.69) is 5.10 Å². The third-order valence-electron chi connectivity index (χ3n) is 3.74. The Bertz CT molecular complexity index is 551. The van der Waals surface area contributed by atoms with E-state index in [1.54, 1.807) is 25.6 Å². The molecule has 6 nitrogen and oxygen atoms in total. The highest BCUT2D eigenvalue weighted by Gasteiger charge is 2.30. The quantitative estimate of drug-likeness (QED) is 0.822. The van der Waals surface area contributed by atoms with Crippen molar-refractivity contribution >= 4 is 10.0 Å². The molecule has 0 radical (unpaired) electrons. The first kappa shape index (κ1) is 17.1. The van der Waals surface area contributed by atoms with Crippen LogP contribution in [0.3, 0.4) is 0 Å². The fourth-order valence-corrected chi connectivity index (χ4v) is 3.95. The highest BCUT2D eigenvalue weighted by atomic mass is 32.2. The molecule has 20 heavy (non-hydrogen) atoms. The monoisotopic (exact) mass is 302 g/mol. The van der Waals surface area contributed by atoms with Gasteiger partial charge in [0.05, 0.1) is 11.4 Å². The number of aryl methyl sites for hydroxylation is 2. The average Bonchev–Trinajstić information content (AvgIpc) is 2.69. The molecular formula is C13H26N4O2S. The first-order valence-electron chi connectivity index (χ1n) is 6.99. The van der Waals surface area contributed by atoms with E-state index in [9.17, 15) is 8.42 Å². The SMILES string of the molecule is CCC(C)N(C)S(=O)(=O)c1c(C)nn(CCCN)c1C. The van der Waals surface area contributed by atoms with Gasteiger partial charge >= 0.3 is 0 Å². The van der Waals surface area contributed by atoms with Crippen LogP contribution < -0.4 is 5.73 Å². The van der Waals surface area contributed by atoms with Crippen molar-refractivity contribution in [3.8, 4) is 0 Å². The van der Waals surface area contributed by atoms with E-state index in [4.69, 9.17) is 5.73 Å². The summed E-state index contributed by atoms with van der Waals surface area (Å²) in [5.41, 5.74) is 6.73. The largest absolute Gasteiger partial charge is 0.330 e. The van der Waals surface area contributed by atoms with Crippen LogP contribution in [0.5, 0.6) is 0 Å². The molecule has 0 saturated carbocycles. The molecule has 1 aromatic heterocycles. The van der Waals surface area contributed by atoms with Crippen LogP contribution in [0, 0.1) is 13.8 Å². The number of sulfonamides is 1. The molecule has 1 aromatic rings. The third kappa shape index (κ3) is 3.21. The molecule has 0 aromatic carbocycles. The van der Waals surface area contributed by atoms with Crippen LogP contribution in [0.2, 0.25) is 0 Å². The molecule has 2 N–H and O–H groups in total. The number of rotatable bonds is 7. The van der Waals surface area contributed by atoms with Crippen LogP contribution in [0.25, 0.3) is 0 Å². The van der Waals surface area contributed by atoms with Crippen molar-refractivity contribution in [1.29, 1.82) is 0 Å². The van der Waals surface area contributed by atoms with Gasteiger partial charge in [-0.1, -0.05) is 6.92 Å². The van der Waals surface area contributed by atoms with E-state index < -0.39 is 10.0 Å². The van der Waals surface area contributed by atoms with E-state index in [0.29, 0.717) is 29.4 Å². The van der Waals surface area contributed by atoms with Crippen molar-refractivity contribution < 1.29 is 8.42 Å². The molecule has 0 aliphatic heterocycles. The molecule has 1 rings (SSSR count). The maximum Gasteiger partial charge on any atom is 0.246 e. The minimum Gasteiger partial charge on any atom is -0.330 e.